The number of halogens is 1. The summed E-state index contributed by atoms with van der Waals surface area (Å²) in [6.45, 7) is 5.73. The largest absolute Gasteiger partial charge is 0.506 e. The Hall–Kier alpha value is -1.88. The summed E-state index contributed by atoms with van der Waals surface area (Å²) >= 11 is 3.43. The number of rotatable bonds is 3. The Morgan fingerprint density at radius 2 is 2.00 bits per heavy atom. The first-order valence-electron chi connectivity index (χ1n) is 6.53. The minimum absolute atomic E-state index is 0.0636. The lowest BCUT2D eigenvalue weighted by atomic mass is 10.1. The summed E-state index contributed by atoms with van der Waals surface area (Å²) in [6, 6.07) is 10.9. The second-order valence-corrected chi connectivity index (χ2v) is 6.44. The lowest BCUT2D eigenvalue weighted by Gasteiger charge is -2.17. The van der Waals surface area contributed by atoms with Gasteiger partial charge in [-0.3, -0.25) is 4.98 Å². The van der Waals surface area contributed by atoms with Crippen molar-refractivity contribution in [2.75, 3.05) is 0 Å². The van der Waals surface area contributed by atoms with Gasteiger partial charge in [0, 0.05) is 16.2 Å². The van der Waals surface area contributed by atoms with E-state index < -0.39 is 5.60 Å². The standard InChI is InChI=1S/C16H17BrN2O2/c1-16(2,3)21-19-14(11-6-4-7-12(17)10-11)15-13(20)8-5-9-18-15/h4-10,20H,1-3H3/b19-14-. The van der Waals surface area contributed by atoms with E-state index in [1.54, 1.807) is 18.3 Å². The van der Waals surface area contributed by atoms with Crippen LogP contribution in [0.25, 0.3) is 0 Å². The number of nitrogens with zero attached hydrogens (tertiary/aromatic N) is 2. The molecule has 1 aromatic heterocycles. The molecule has 21 heavy (non-hydrogen) atoms. The second kappa shape index (κ2) is 6.26. The van der Waals surface area contributed by atoms with Crippen LogP contribution in [0.4, 0.5) is 0 Å². The number of pyridine rings is 1. The minimum atomic E-state index is -0.429. The van der Waals surface area contributed by atoms with Crippen molar-refractivity contribution in [1.82, 2.24) is 4.98 Å². The lowest BCUT2D eigenvalue weighted by molar-refractivity contribution is 0.00111. The summed E-state index contributed by atoms with van der Waals surface area (Å²) in [7, 11) is 0. The second-order valence-electron chi connectivity index (χ2n) is 5.53. The van der Waals surface area contributed by atoms with Crippen molar-refractivity contribution in [2.45, 2.75) is 26.4 Å². The molecule has 1 N–H and O–H groups in total. The van der Waals surface area contributed by atoms with Crippen molar-refractivity contribution in [3.05, 3.63) is 58.3 Å². The van der Waals surface area contributed by atoms with E-state index in [4.69, 9.17) is 4.84 Å². The van der Waals surface area contributed by atoms with Crippen molar-refractivity contribution in [3.8, 4) is 5.75 Å². The van der Waals surface area contributed by atoms with Gasteiger partial charge in [0.1, 0.15) is 22.8 Å². The quantitative estimate of drug-likeness (QED) is 0.670. The summed E-state index contributed by atoms with van der Waals surface area (Å²) in [4.78, 5) is 9.73. The number of aromatic nitrogens is 1. The van der Waals surface area contributed by atoms with Crippen LogP contribution < -0.4 is 0 Å². The first-order valence-corrected chi connectivity index (χ1v) is 7.32. The molecule has 0 bridgehead atoms. The monoisotopic (exact) mass is 348 g/mol. The van der Waals surface area contributed by atoms with Gasteiger partial charge in [-0.25, -0.2) is 0 Å². The fourth-order valence-corrected chi connectivity index (χ4v) is 2.03. The van der Waals surface area contributed by atoms with Crippen LogP contribution in [0.2, 0.25) is 0 Å². The molecule has 0 amide bonds. The number of hydrogen-bond acceptors (Lipinski definition) is 4. The first-order chi connectivity index (χ1) is 9.87. The predicted molar refractivity (Wildman–Crippen MR) is 86.5 cm³/mol. The van der Waals surface area contributed by atoms with Gasteiger partial charge in [-0.1, -0.05) is 33.2 Å². The normalized spacial score (nSPS) is 12.3. The Balaban J connectivity index is 2.52. The molecule has 0 spiro atoms. The Bertz CT molecular complexity index is 663. The van der Waals surface area contributed by atoms with Gasteiger partial charge in [-0.2, -0.15) is 0 Å². The molecule has 5 heteroatoms. The number of hydrogen-bond donors (Lipinski definition) is 1. The minimum Gasteiger partial charge on any atom is -0.506 e. The molecule has 0 atom stereocenters. The third-order valence-corrected chi connectivity index (χ3v) is 3.01. The number of aromatic hydroxyl groups is 1. The van der Waals surface area contributed by atoms with E-state index in [1.807, 2.05) is 45.0 Å². The van der Waals surface area contributed by atoms with E-state index in [0.717, 1.165) is 10.0 Å². The topological polar surface area (TPSA) is 54.7 Å². The molecule has 0 aliphatic heterocycles. The van der Waals surface area contributed by atoms with Gasteiger partial charge in [0.2, 0.25) is 0 Å². The van der Waals surface area contributed by atoms with E-state index in [2.05, 4.69) is 26.1 Å². The van der Waals surface area contributed by atoms with Crippen LogP contribution in [0.5, 0.6) is 5.75 Å². The van der Waals surface area contributed by atoms with E-state index in [0.29, 0.717) is 11.4 Å². The molecule has 2 rings (SSSR count). The highest BCUT2D eigenvalue weighted by Crippen LogP contribution is 2.22. The van der Waals surface area contributed by atoms with Crippen LogP contribution in [0.15, 0.2) is 52.2 Å². The van der Waals surface area contributed by atoms with E-state index in [1.165, 1.54) is 0 Å². The van der Waals surface area contributed by atoms with Gasteiger partial charge in [0.25, 0.3) is 0 Å². The zero-order chi connectivity index (χ0) is 15.5. The van der Waals surface area contributed by atoms with Crippen LogP contribution in [-0.2, 0) is 4.84 Å². The molecule has 0 aliphatic rings. The average Bonchev–Trinajstić information content (AvgIpc) is 2.40. The molecule has 2 aromatic rings. The fraction of sp³-hybridized carbons (Fsp3) is 0.250. The van der Waals surface area contributed by atoms with Crippen molar-refractivity contribution in [1.29, 1.82) is 0 Å². The Kier molecular flexibility index (Phi) is 4.63. The Labute approximate surface area is 132 Å². The van der Waals surface area contributed by atoms with Crippen LogP contribution in [0.3, 0.4) is 0 Å². The van der Waals surface area contributed by atoms with Crippen molar-refractivity contribution in [3.63, 3.8) is 0 Å². The van der Waals surface area contributed by atoms with Gasteiger partial charge < -0.3 is 9.94 Å². The fourth-order valence-electron chi connectivity index (χ4n) is 1.63. The molecule has 0 saturated carbocycles. The van der Waals surface area contributed by atoms with Gasteiger partial charge in [-0.15, -0.1) is 0 Å². The molecule has 0 aliphatic carbocycles. The molecule has 110 valence electrons. The van der Waals surface area contributed by atoms with Crippen molar-refractivity contribution in [2.24, 2.45) is 5.16 Å². The zero-order valence-electron chi connectivity index (χ0n) is 12.2. The molecule has 0 radical (unpaired) electrons. The summed E-state index contributed by atoms with van der Waals surface area (Å²) in [5.41, 5.74) is 1.26. The predicted octanol–water partition coefficient (Wildman–Crippen LogP) is 4.12. The highest BCUT2D eigenvalue weighted by Gasteiger charge is 2.17. The van der Waals surface area contributed by atoms with Gasteiger partial charge in [0.05, 0.1) is 0 Å². The summed E-state index contributed by atoms with van der Waals surface area (Å²) in [5.74, 6) is 0.0636. The molecule has 0 unspecified atom stereocenters. The van der Waals surface area contributed by atoms with Crippen molar-refractivity contribution < 1.29 is 9.94 Å². The maximum absolute atomic E-state index is 10.0. The Morgan fingerprint density at radius 1 is 1.24 bits per heavy atom. The summed E-state index contributed by atoms with van der Waals surface area (Å²) in [5, 5.41) is 14.2. The van der Waals surface area contributed by atoms with Crippen LogP contribution in [0.1, 0.15) is 32.0 Å². The number of oxime groups is 1. The van der Waals surface area contributed by atoms with Gasteiger partial charge in [-0.05, 0) is 45.0 Å². The van der Waals surface area contributed by atoms with E-state index in [9.17, 15) is 5.11 Å². The maximum atomic E-state index is 10.0. The molecule has 0 saturated heterocycles. The highest BCUT2D eigenvalue weighted by molar-refractivity contribution is 9.10. The third kappa shape index (κ3) is 4.29. The first kappa shape index (κ1) is 15.5. The number of benzene rings is 1. The maximum Gasteiger partial charge on any atom is 0.143 e. The van der Waals surface area contributed by atoms with Crippen LogP contribution in [0, 0.1) is 0 Å². The van der Waals surface area contributed by atoms with E-state index in [-0.39, 0.29) is 5.75 Å². The lowest BCUT2D eigenvalue weighted by Crippen LogP contribution is -2.18. The molecule has 0 fully saturated rings. The molecule has 1 aromatic carbocycles. The van der Waals surface area contributed by atoms with Crippen LogP contribution in [-0.4, -0.2) is 21.4 Å². The molecule has 4 nitrogen and oxygen atoms in total. The molecule has 1 heterocycles. The zero-order valence-corrected chi connectivity index (χ0v) is 13.8. The molecular formula is C16H17BrN2O2. The molecular weight excluding hydrogens is 332 g/mol. The third-order valence-electron chi connectivity index (χ3n) is 2.52. The van der Waals surface area contributed by atoms with Crippen LogP contribution >= 0.6 is 15.9 Å². The smallest absolute Gasteiger partial charge is 0.143 e. The van der Waals surface area contributed by atoms with E-state index >= 15 is 0 Å². The average molecular weight is 349 g/mol. The highest BCUT2D eigenvalue weighted by atomic mass is 79.9. The Morgan fingerprint density at radius 3 is 2.62 bits per heavy atom. The summed E-state index contributed by atoms with van der Waals surface area (Å²) < 4.78 is 0.916. The summed E-state index contributed by atoms with van der Waals surface area (Å²) in [6.07, 6.45) is 1.61. The van der Waals surface area contributed by atoms with Gasteiger partial charge >= 0.3 is 0 Å². The SMILES string of the molecule is CC(C)(C)O/N=C(/c1cccc(Br)c1)c1ncccc1O. The van der Waals surface area contributed by atoms with Gasteiger partial charge in [0.15, 0.2) is 0 Å². The van der Waals surface area contributed by atoms with Crippen molar-refractivity contribution >= 4 is 21.6 Å².